The fourth-order valence-corrected chi connectivity index (χ4v) is 1.79. The van der Waals surface area contributed by atoms with Gasteiger partial charge in [-0.15, -0.1) is 5.10 Å². The summed E-state index contributed by atoms with van der Waals surface area (Å²) in [7, 11) is 0. The number of tetrazole rings is 1. The number of aromatic nitrogens is 4. The molecule has 1 aromatic carbocycles. The van der Waals surface area contributed by atoms with Crippen molar-refractivity contribution in [3.63, 3.8) is 0 Å². The summed E-state index contributed by atoms with van der Waals surface area (Å²) in [6.07, 6.45) is 1.37. The molecule has 0 aliphatic carbocycles. The molecule has 1 heterocycles. The summed E-state index contributed by atoms with van der Waals surface area (Å²) in [5.74, 6) is 0.820. The van der Waals surface area contributed by atoms with Crippen LogP contribution in [0.4, 0.5) is 0 Å². The number of halogens is 1. The van der Waals surface area contributed by atoms with Gasteiger partial charge in [-0.05, 0) is 34.5 Å². The first kappa shape index (κ1) is 12.2. The van der Waals surface area contributed by atoms with Crippen LogP contribution in [0, 0.1) is 0 Å². The Morgan fingerprint density at radius 2 is 2.00 bits per heavy atom. The lowest BCUT2D eigenvalue weighted by Gasteiger charge is -2.03. The van der Waals surface area contributed by atoms with E-state index in [0.29, 0.717) is 19.4 Å². The van der Waals surface area contributed by atoms with Crippen LogP contribution in [0.5, 0.6) is 0 Å². The van der Waals surface area contributed by atoms with E-state index in [1.807, 2.05) is 24.3 Å². The van der Waals surface area contributed by atoms with Gasteiger partial charge in [-0.3, -0.25) is 0 Å². The molecule has 0 saturated carbocycles. The van der Waals surface area contributed by atoms with E-state index in [1.165, 1.54) is 0 Å². The number of hydrogen-bond acceptors (Lipinski definition) is 4. The molecule has 2 rings (SSSR count). The summed E-state index contributed by atoms with van der Waals surface area (Å²) >= 11 is 3.40. The lowest BCUT2D eigenvalue weighted by molar-refractivity contribution is 0.275. The largest absolute Gasteiger partial charge is 0.396 e. The standard InChI is InChI=1S/C11H13BrN4O/c12-10-4-2-9(3-5-10)8-11-13-14-15-16(11)6-1-7-17/h2-5,17H,1,6-8H2. The Labute approximate surface area is 108 Å². The lowest BCUT2D eigenvalue weighted by atomic mass is 10.1. The summed E-state index contributed by atoms with van der Waals surface area (Å²) < 4.78 is 2.79. The molecule has 0 aliphatic heterocycles. The maximum Gasteiger partial charge on any atom is 0.155 e. The number of nitrogens with zero attached hydrogens (tertiary/aromatic N) is 4. The average Bonchev–Trinajstić information content (AvgIpc) is 2.77. The van der Waals surface area contributed by atoms with Crippen molar-refractivity contribution in [1.82, 2.24) is 20.2 Å². The minimum absolute atomic E-state index is 0.150. The first-order valence-electron chi connectivity index (χ1n) is 5.40. The number of aliphatic hydroxyl groups is 1. The SMILES string of the molecule is OCCCn1nnnc1Cc1ccc(Br)cc1. The van der Waals surface area contributed by atoms with Gasteiger partial charge in [0.1, 0.15) is 0 Å². The van der Waals surface area contributed by atoms with Crippen molar-refractivity contribution in [2.24, 2.45) is 0 Å². The van der Waals surface area contributed by atoms with E-state index in [-0.39, 0.29) is 6.61 Å². The highest BCUT2D eigenvalue weighted by Gasteiger charge is 2.06. The number of aryl methyl sites for hydroxylation is 1. The zero-order valence-corrected chi connectivity index (χ0v) is 10.8. The Bertz CT molecular complexity index is 469. The van der Waals surface area contributed by atoms with Gasteiger partial charge in [0, 0.05) is 24.0 Å². The minimum atomic E-state index is 0.150. The van der Waals surface area contributed by atoms with Gasteiger partial charge in [0.25, 0.3) is 0 Å². The summed E-state index contributed by atoms with van der Waals surface area (Å²) in [5, 5.41) is 20.3. The monoisotopic (exact) mass is 296 g/mol. The Morgan fingerprint density at radius 1 is 1.24 bits per heavy atom. The molecule has 0 spiro atoms. The van der Waals surface area contributed by atoms with Crippen LogP contribution >= 0.6 is 15.9 Å². The minimum Gasteiger partial charge on any atom is -0.396 e. The first-order chi connectivity index (χ1) is 8.29. The molecule has 0 saturated heterocycles. The fourth-order valence-electron chi connectivity index (χ4n) is 1.53. The van der Waals surface area contributed by atoms with Crippen molar-refractivity contribution >= 4 is 15.9 Å². The number of benzene rings is 1. The topological polar surface area (TPSA) is 63.8 Å². The van der Waals surface area contributed by atoms with Gasteiger partial charge in [0.15, 0.2) is 5.82 Å². The zero-order valence-electron chi connectivity index (χ0n) is 9.25. The molecule has 5 nitrogen and oxygen atoms in total. The Balaban J connectivity index is 2.07. The Kier molecular flexibility index (Phi) is 4.22. The molecule has 6 heteroatoms. The molecule has 1 N–H and O–H groups in total. The second kappa shape index (κ2) is 5.88. The van der Waals surface area contributed by atoms with Gasteiger partial charge in [-0.25, -0.2) is 4.68 Å². The highest BCUT2D eigenvalue weighted by atomic mass is 79.9. The van der Waals surface area contributed by atoms with Crippen LogP contribution in [0.1, 0.15) is 17.8 Å². The van der Waals surface area contributed by atoms with Crippen LogP contribution in [0.25, 0.3) is 0 Å². The molecule has 1 aromatic heterocycles. The van der Waals surface area contributed by atoms with Crippen LogP contribution < -0.4 is 0 Å². The van der Waals surface area contributed by atoms with Crippen molar-refractivity contribution in [3.8, 4) is 0 Å². The van der Waals surface area contributed by atoms with Gasteiger partial charge < -0.3 is 5.11 Å². The molecule has 17 heavy (non-hydrogen) atoms. The second-order valence-corrected chi connectivity index (χ2v) is 4.61. The normalized spacial score (nSPS) is 10.7. The van der Waals surface area contributed by atoms with Crippen molar-refractivity contribution < 1.29 is 5.11 Å². The highest BCUT2D eigenvalue weighted by Crippen LogP contribution is 2.12. The molecular weight excluding hydrogens is 284 g/mol. The summed E-state index contributed by atoms with van der Waals surface area (Å²) in [6, 6.07) is 8.07. The maximum atomic E-state index is 8.79. The molecule has 0 radical (unpaired) electrons. The highest BCUT2D eigenvalue weighted by molar-refractivity contribution is 9.10. The van der Waals surface area contributed by atoms with Crippen LogP contribution in [0.15, 0.2) is 28.7 Å². The third kappa shape index (κ3) is 3.34. The van der Waals surface area contributed by atoms with E-state index in [1.54, 1.807) is 4.68 Å². The molecule has 2 aromatic rings. The molecular formula is C11H13BrN4O. The van der Waals surface area contributed by atoms with Crippen molar-refractivity contribution in [3.05, 3.63) is 40.1 Å². The van der Waals surface area contributed by atoms with Gasteiger partial charge in [0.05, 0.1) is 0 Å². The maximum absolute atomic E-state index is 8.79. The number of hydrogen-bond donors (Lipinski definition) is 1. The molecule has 0 bridgehead atoms. The van der Waals surface area contributed by atoms with Gasteiger partial charge in [-0.2, -0.15) is 0 Å². The molecule has 0 aliphatic rings. The zero-order chi connectivity index (χ0) is 12.1. The van der Waals surface area contributed by atoms with Crippen LogP contribution in [0.2, 0.25) is 0 Å². The van der Waals surface area contributed by atoms with E-state index in [2.05, 4.69) is 31.5 Å². The van der Waals surface area contributed by atoms with Crippen LogP contribution in [-0.2, 0) is 13.0 Å². The summed E-state index contributed by atoms with van der Waals surface area (Å²) in [6.45, 7) is 0.799. The van der Waals surface area contributed by atoms with E-state index in [0.717, 1.165) is 15.9 Å². The van der Waals surface area contributed by atoms with E-state index in [9.17, 15) is 0 Å². The molecule has 0 fully saturated rings. The van der Waals surface area contributed by atoms with E-state index in [4.69, 9.17) is 5.11 Å². The van der Waals surface area contributed by atoms with Crippen LogP contribution in [0.3, 0.4) is 0 Å². The van der Waals surface area contributed by atoms with Gasteiger partial charge >= 0.3 is 0 Å². The summed E-state index contributed by atoms with van der Waals surface area (Å²) in [5.41, 5.74) is 1.16. The number of aliphatic hydroxyl groups excluding tert-OH is 1. The molecule has 0 atom stereocenters. The first-order valence-corrected chi connectivity index (χ1v) is 6.19. The Hall–Kier alpha value is -1.27. The predicted octanol–water partition coefficient (Wildman–Crippen LogP) is 1.41. The van der Waals surface area contributed by atoms with E-state index < -0.39 is 0 Å². The lowest BCUT2D eigenvalue weighted by Crippen LogP contribution is -2.07. The van der Waals surface area contributed by atoms with Crippen molar-refractivity contribution in [2.75, 3.05) is 6.61 Å². The smallest absolute Gasteiger partial charge is 0.155 e. The van der Waals surface area contributed by atoms with Crippen molar-refractivity contribution in [2.45, 2.75) is 19.4 Å². The third-order valence-corrected chi connectivity index (χ3v) is 2.94. The van der Waals surface area contributed by atoms with Gasteiger partial charge in [0.2, 0.25) is 0 Å². The second-order valence-electron chi connectivity index (χ2n) is 3.70. The fraction of sp³-hybridized carbons (Fsp3) is 0.364. The van der Waals surface area contributed by atoms with E-state index >= 15 is 0 Å². The predicted molar refractivity (Wildman–Crippen MR) is 66.5 cm³/mol. The number of rotatable bonds is 5. The molecule has 90 valence electrons. The third-order valence-electron chi connectivity index (χ3n) is 2.41. The average molecular weight is 297 g/mol. The quantitative estimate of drug-likeness (QED) is 0.906. The molecule has 0 amide bonds. The summed E-state index contributed by atoms with van der Waals surface area (Å²) in [4.78, 5) is 0. The Morgan fingerprint density at radius 3 is 2.71 bits per heavy atom. The van der Waals surface area contributed by atoms with Crippen LogP contribution in [-0.4, -0.2) is 31.9 Å². The molecule has 0 unspecified atom stereocenters. The van der Waals surface area contributed by atoms with Crippen molar-refractivity contribution in [1.29, 1.82) is 0 Å². The van der Waals surface area contributed by atoms with Gasteiger partial charge in [-0.1, -0.05) is 28.1 Å².